The van der Waals surface area contributed by atoms with Gasteiger partial charge in [-0.25, -0.2) is 4.68 Å². The molecule has 27 heavy (non-hydrogen) atoms. The first-order valence-corrected chi connectivity index (χ1v) is 8.71. The minimum Gasteiger partial charge on any atom is -0.497 e. The molecule has 6 nitrogen and oxygen atoms in total. The highest BCUT2D eigenvalue weighted by atomic mass is 35.5. The molecule has 0 amide bonds. The van der Waals surface area contributed by atoms with Gasteiger partial charge < -0.3 is 9.26 Å². The van der Waals surface area contributed by atoms with Crippen molar-refractivity contribution >= 4 is 22.5 Å². The molecule has 7 heteroatoms. The largest absolute Gasteiger partial charge is 0.497 e. The lowest BCUT2D eigenvalue weighted by atomic mass is 10.1. The summed E-state index contributed by atoms with van der Waals surface area (Å²) in [5, 5.41) is 9.75. The molecule has 2 aromatic carbocycles. The van der Waals surface area contributed by atoms with Crippen molar-refractivity contribution in [2.75, 3.05) is 7.11 Å². The van der Waals surface area contributed by atoms with Gasteiger partial charge in [0.15, 0.2) is 5.52 Å². The molecule has 0 bridgehead atoms. The van der Waals surface area contributed by atoms with Crippen LogP contribution < -0.4 is 10.3 Å². The number of benzene rings is 2. The van der Waals surface area contributed by atoms with Crippen LogP contribution in [0.25, 0.3) is 22.2 Å². The molecule has 0 N–H and O–H groups in total. The van der Waals surface area contributed by atoms with Crippen LogP contribution in [0.3, 0.4) is 0 Å². The van der Waals surface area contributed by atoms with Gasteiger partial charge in [-0.15, -0.1) is 0 Å². The topological polar surface area (TPSA) is 70.2 Å². The number of rotatable bonds is 4. The van der Waals surface area contributed by atoms with E-state index in [1.807, 2.05) is 42.5 Å². The molecule has 0 spiro atoms. The molecule has 4 rings (SSSR count). The SMILES string of the molecule is COc1ccc(-c2nn(Cc3ccccc3Cl)c(=O)c3noc(C)c23)cc1. The summed E-state index contributed by atoms with van der Waals surface area (Å²) >= 11 is 6.25. The van der Waals surface area contributed by atoms with Crippen molar-refractivity contribution in [1.82, 2.24) is 14.9 Å². The van der Waals surface area contributed by atoms with Crippen molar-refractivity contribution in [3.63, 3.8) is 0 Å². The summed E-state index contributed by atoms with van der Waals surface area (Å²) in [6.45, 7) is 2.01. The second kappa shape index (κ2) is 6.89. The van der Waals surface area contributed by atoms with Crippen LogP contribution >= 0.6 is 11.6 Å². The van der Waals surface area contributed by atoms with Crippen LogP contribution in [0.5, 0.6) is 5.75 Å². The summed E-state index contributed by atoms with van der Waals surface area (Å²) < 4.78 is 11.9. The molecule has 0 radical (unpaired) electrons. The fourth-order valence-corrected chi connectivity index (χ4v) is 3.18. The first-order chi connectivity index (χ1) is 13.1. The molecule has 0 aliphatic heterocycles. The summed E-state index contributed by atoms with van der Waals surface area (Å²) in [5.74, 6) is 1.28. The number of nitrogens with zero attached hydrogens (tertiary/aromatic N) is 3. The van der Waals surface area contributed by atoms with Gasteiger partial charge in [0.05, 0.1) is 19.0 Å². The molecule has 136 valence electrons. The second-order valence-electron chi connectivity index (χ2n) is 6.09. The highest BCUT2D eigenvalue weighted by molar-refractivity contribution is 6.31. The molecular formula is C20H16ClN3O3. The zero-order valence-electron chi connectivity index (χ0n) is 14.8. The van der Waals surface area contributed by atoms with Gasteiger partial charge in [0.2, 0.25) is 0 Å². The number of methoxy groups -OCH3 is 1. The Morgan fingerprint density at radius 3 is 2.59 bits per heavy atom. The number of aryl methyl sites for hydroxylation is 1. The van der Waals surface area contributed by atoms with Gasteiger partial charge >= 0.3 is 0 Å². The Morgan fingerprint density at radius 1 is 1.15 bits per heavy atom. The Labute approximate surface area is 159 Å². The average Bonchev–Trinajstić information content (AvgIpc) is 3.08. The predicted molar refractivity (Wildman–Crippen MR) is 103 cm³/mol. The third-order valence-electron chi connectivity index (χ3n) is 4.40. The number of halogens is 1. The van der Waals surface area contributed by atoms with Crippen LogP contribution in [-0.2, 0) is 6.54 Å². The zero-order chi connectivity index (χ0) is 19.0. The van der Waals surface area contributed by atoms with Crippen molar-refractivity contribution < 1.29 is 9.26 Å². The fraction of sp³-hybridized carbons (Fsp3) is 0.150. The molecular weight excluding hydrogens is 366 g/mol. The van der Waals surface area contributed by atoms with Crippen molar-refractivity contribution in [2.45, 2.75) is 13.5 Å². The van der Waals surface area contributed by atoms with E-state index in [4.69, 9.17) is 20.9 Å². The Morgan fingerprint density at radius 2 is 1.89 bits per heavy atom. The van der Waals surface area contributed by atoms with Gasteiger partial charge in [0, 0.05) is 10.6 Å². The van der Waals surface area contributed by atoms with E-state index in [1.165, 1.54) is 4.68 Å². The maximum Gasteiger partial charge on any atom is 0.297 e. The van der Waals surface area contributed by atoms with E-state index >= 15 is 0 Å². The van der Waals surface area contributed by atoms with Crippen molar-refractivity contribution in [1.29, 1.82) is 0 Å². The third kappa shape index (κ3) is 3.08. The lowest BCUT2D eigenvalue weighted by Gasteiger charge is -2.10. The van der Waals surface area contributed by atoms with Gasteiger partial charge in [-0.05, 0) is 42.8 Å². The molecule has 4 aromatic rings. The van der Waals surface area contributed by atoms with Gasteiger partial charge in [-0.1, -0.05) is 35.0 Å². The van der Waals surface area contributed by atoms with Crippen molar-refractivity contribution in [2.24, 2.45) is 0 Å². The molecule has 0 aliphatic carbocycles. The molecule has 2 heterocycles. The smallest absolute Gasteiger partial charge is 0.297 e. The van der Waals surface area contributed by atoms with Crippen LogP contribution in [0, 0.1) is 6.92 Å². The molecule has 0 atom stereocenters. The van der Waals surface area contributed by atoms with Crippen LogP contribution in [0.15, 0.2) is 57.8 Å². The van der Waals surface area contributed by atoms with Gasteiger partial charge in [0.25, 0.3) is 5.56 Å². The normalized spacial score (nSPS) is 11.1. The Balaban J connectivity index is 1.92. The van der Waals surface area contributed by atoms with E-state index in [1.54, 1.807) is 20.1 Å². The van der Waals surface area contributed by atoms with Crippen molar-refractivity contribution in [3.05, 3.63) is 75.2 Å². The minimum atomic E-state index is -0.320. The first-order valence-electron chi connectivity index (χ1n) is 8.33. The van der Waals surface area contributed by atoms with Crippen LogP contribution in [0.4, 0.5) is 0 Å². The maximum absolute atomic E-state index is 12.9. The Kier molecular flexibility index (Phi) is 4.41. The summed E-state index contributed by atoms with van der Waals surface area (Å²) in [6, 6.07) is 14.8. The Bertz CT molecular complexity index is 1180. The molecule has 0 saturated heterocycles. The van der Waals surface area contributed by atoms with E-state index in [0.29, 0.717) is 21.9 Å². The Hall–Kier alpha value is -3.12. The summed E-state index contributed by atoms with van der Waals surface area (Å²) in [5.41, 5.74) is 2.19. The standard InChI is InChI=1S/C20H16ClN3O3/c1-12-17-18(13-7-9-15(26-2)10-8-13)22-24(20(25)19(17)23-27-12)11-14-5-3-4-6-16(14)21/h3-10H,11H2,1-2H3. The van der Waals surface area contributed by atoms with E-state index < -0.39 is 0 Å². The van der Waals surface area contributed by atoms with E-state index in [-0.39, 0.29) is 17.6 Å². The lowest BCUT2D eigenvalue weighted by molar-refractivity contribution is 0.405. The number of aromatic nitrogens is 3. The third-order valence-corrected chi connectivity index (χ3v) is 4.77. The zero-order valence-corrected chi connectivity index (χ0v) is 15.5. The highest BCUT2D eigenvalue weighted by Gasteiger charge is 2.19. The molecule has 2 aromatic heterocycles. The van der Waals surface area contributed by atoms with E-state index in [9.17, 15) is 4.79 Å². The van der Waals surface area contributed by atoms with Crippen LogP contribution in [0.1, 0.15) is 11.3 Å². The molecule has 0 saturated carbocycles. The van der Waals surface area contributed by atoms with Crippen LogP contribution in [0.2, 0.25) is 5.02 Å². The van der Waals surface area contributed by atoms with Gasteiger partial charge in [-0.2, -0.15) is 5.10 Å². The van der Waals surface area contributed by atoms with Crippen LogP contribution in [-0.4, -0.2) is 22.0 Å². The van der Waals surface area contributed by atoms with Gasteiger partial charge in [-0.3, -0.25) is 4.79 Å². The van der Waals surface area contributed by atoms with Crippen molar-refractivity contribution in [3.8, 4) is 17.0 Å². The summed E-state index contributed by atoms with van der Waals surface area (Å²) in [6.07, 6.45) is 0. The number of hydrogen-bond donors (Lipinski definition) is 0. The summed E-state index contributed by atoms with van der Waals surface area (Å²) in [7, 11) is 1.61. The second-order valence-corrected chi connectivity index (χ2v) is 6.50. The quantitative estimate of drug-likeness (QED) is 0.533. The molecule has 0 fully saturated rings. The first kappa shape index (κ1) is 17.3. The predicted octanol–water partition coefficient (Wildman–Crippen LogP) is 4.07. The lowest BCUT2D eigenvalue weighted by Crippen LogP contribution is -2.24. The molecule has 0 aliphatic rings. The highest BCUT2D eigenvalue weighted by Crippen LogP contribution is 2.28. The summed E-state index contributed by atoms with van der Waals surface area (Å²) in [4.78, 5) is 12.9. The average molecular weight is 382 g/mol. The van der Waals surface area contributed by atoms with E-state index in [0.717, 1.165) is 16.9 Å². The monoisotopic (exact) mass is 381 g/mol. The number of ether oxygens (including phenoxy) is 1. The number of fused-ring (bicyclic) bond motifs is 1. The van der Waals surface area contributed by atoms with E-state index in [2.05, 4.69) is 10.3 Å². The number of hydrogen-bond acceptors (Lipinski definition) is 5. The molecule has 0 unspecified atom stereocenters. The minimum absolute atomic E-state index is 0.240. The fourth-order valence-electron chi connectivity index (χ4n) is 2.98. The maximum atomic E-state index is 12.9. The van der Waals surface area contributed by atoms with Gasteiger partial charge in [0.1, 0.15) is 17.2 Å².